The second-order valence-corrected chi connectivity index (χ2v) is 6.97. The molecule has 0 aliphatic heterocycles. The van der Waals surface area contributed by atoms with Crippen molar-refractivity contribution in [1.29, 1.82) is 0 Å². The lowest BCUT2D eigenvalue weighted by molar-refractivity contribution is -0.138. The summed E-state index contributed by atoms with van der Waals surface area (Å²) in [6.45, 7) is -2.45. The number of hydrogen-bond acceptors (Lipinski definition) is 3. The van der Waals surface area contributed by atoms with Crippen molar-refractivity contribution in [2.75, 3.05) is 0 Å². The molecule has 0 bridgehead atoms. The van der Waals surface area contributed by atoms with E-state index in [0.29, 0.717) is 5.75 Å². The monoisotopic (exact) mass is 313 g/mol. The summed E-state index contributed by atoms with van der Waals surface area (Å²) in [5.74, 6) is -0.820. The fraction of sp³-hybridized carbons (Fsp3) is 0.154. The Morgan fingerprint density at radius 1 is 1.30 bits per heavy atom. The van der Waals surface area contributed by atoms with E-state index in [1.54, 1.807) is 12.1 Å². The Labute approximate surface area is 120 Å². The lowest BCUT2D eigenvalue weighted by Crippen LogP contribution is -2.31. The standard InChI is InChI=1S/C13H13ClNO4P/c1-9(13(16)17)15-20(14,18)19-12-8-4-6-10-5-2-3-7-11(10)12/h2-9H,1H3,(H,15,18)(H,16,17). The number of halogens is 1. The molecular formula is C13H13ClNO4P. The lowest BCUT2D eigenvalue weighted by Gasteiger charge is -2.17. The van der Waals surface area contributed by atoms with Gasteiger partial charge in [0.2, 0.25) is 0 Å². The number of carbonyl (C=O) groups is 1. The maximum atomic E-state index is 12.1. The highest BCUT2D eigenvalue weighted by Crippen LogP contribution is 2.49. The number of fused-ring (bicyclic) bond motifs is 1. The van der Waals surface area contributed by atoms with Crippen molar-refractivity contribution in [3.05, 3.63) is 42.5 Å². The summed E-state index contributed by atoms with van der Waals surface area (Å²) in [5, 5.41) is 12.7. The van der Waals surface area contributed by atoms with Crippen molar-refractivity contribution in [3.8, 4) is 5.75 Å². The van der Waals surface area contributed by atoms with Crippen LogP contribution in [0.3, 0.4) is 0 Å². The average Bonchev–Trinajstić information content (AvgIpc) is 2.38. The molecule has 2 rings (SSSR count). The molecule has 0 spiro atoms. The first-order chi connectivity index (χ1) is 9.39. The Morgan fingerprint density at radius 2 is 1.95 bits per heavy atom. The normalized spacial score (nSPS) is 15.5. The SMILES string of the molecule is CC(NP(=O)(Cl)Oc1cccc2ccccc12)C(=O)O. The molecule has 0 saturated heterocycles. The second-order valence-electron chi connectivity index (χ2n) is 4.24. The Balaban J connectivity index is 2.27. The van der Waals surface area contributed by atoms with E-state index in [-0.39, 0.29) is 0 Å². The zero-order valence-electron chi connectivity index (χ0n) is 10.6. The smallest absolute Gasteiger partial charge is 0.409 e. The van der Waals surface area contributed by atoms with Gasteiger partial charge in [-0.2, -0.15) is 0 Å². The van der Waals surface area contributed by atoms with Crippen molar-refractivity contribution >= 4 is 34.9 Å². The van der Waals surface area contributed by atoms with E-state index in [0.717, 1.165) is 10.8 Å². The molecule has 2 aromatic carbocycles. The fourth-order valence-electron chi connectivity index (χ4n) is 1.71. The number of aliphatic carboxylic acids is 1. The first-order valence-electron chi connectivity index (χ1n) is 5.87. The largest absolute Gasteiger partial charge is 0.480 e. The van der Waals surface area contributed by atoms with Gasteiger partial charge in [0.25, 0.3) is 0 Å². The van der Waals surface area contributed by atoms with Crippen molar-refractivity contribution in [2.45, 2.75) is 13.0 Å². The molecule has 0 amide bonds. The zero-order valence-corrected chi connectivity index (χ0v) is 12.3. The van der Waals surface area contributed by atoms with Crippen LogP contribution in [0.5, 0.6) is 5.75 Å². The minimum Gasteiger partial charge on any atom is -0.480 e. The number of carboxylic acids is 1. The third kappa shape index (κ3) is 3.51. The van der Waals surface area contributed by atoms with Gasteiger partial charge in [-0.1, -0.05) is 36.4 Å². The topological polar surface area (TPSA) is 75.6 Å². The van der Waals surface area contributed by atoms with Crippen LogP contribution in [0, 0.1) is 0 Å². The maximum absolute atomic E-state index is 12.1. The van der Waals surface area contributed by atoms with Gasteiger partial charge in [0, 0.05) is 16.6 Å². The molecule has 0 aliphatic carbocycles. The predicted molar refractivity (Wildman–Crippen MR) is 78.3 cm³/mol. The van der Waals surface area contributed by atoms with Gasteiger partial charge >= 0.3 is 12.8 Å². The van der Waals surface area contributed by atoms with Crippen LogP contribution in [-0.2, 0) is 9.36 Å². The van der Waals surface area contributed by atoms with Crippen LogP contribution in [0.2, 0.25) is 0 Å². The molecule has 2 N–H and O–H groups in total. The lowest BCUT2D eigenvalue weighted by atomic mass is 10.1. The predicted octanol–water partition coefficient (Wildman–Crippen LogP) is 3.63. The highest BCUT2D eigenvalue weighted by atomic mass is 35.7. The molecule has 0 aliphatic rings. The summed E-state index contributed by atoms with van der Waals surface area (Å²) in [6.07, 6.45) is 0. The number of hydrogen-bond donors (Lipinski definition) is 2. The fourth-order valence-corrected chi connectivity index (χ4v) is 3.41. The third-order valence-corrected chi connectivity index (χ3v) is 4.31. The molecule has 106 valence electrons. The van der Waals surface area contributed by atoms with Gasteiger partial charge in [-0.25, -0.2) is 9.65 Å². The summed E-state index contributed by atoms with van der Waals surface area (Å²) in [5.41, 5.74) is 0. The molecule has 0 saturated carbocycles. The van der Waals surface area contributed by atoms with Crippen LogP contribution in [-0.4, -0.2) is 17.1 Å². The molecule has 0 fully saturated rings. The Morgan fingerprint density at radius 3 is 2.65 bits per heavy atom. The maximum Gasteiger partial charge on any atom is 0.409 e. The summed E-state index contributed by atoms with van der Waals surface area (Å²) in [6, 6.07) is 11.6. The molecule has 0 aromatic heterocycles. The van der Waals surface area contributed by atoms with Gasteiger partial charge in [0.05, 0.1) is 0 Å². The first kappa shape index (κ1) is 14.9. The van der Waals surface area contributed by atoms with E-state index in [4.69, 9.17) is 20.9 Å². The molecule has 20 heavy (non-hydrogen) atoms. The van der Waals surface area contributed by atoms with Gasteiger partial charge in [-0.05, 0) is 18.4 Å². The molecule has 7 heteroatoms. The molecule has 0 heterocycles. The van der Waals surface area contributed by atoms with Crippen LogP contribution in [0.4, 0.5) is 0 Å². The summed E-state index contributed by atoms with van der Waals surface area (Å²) in [7, 11) is 0. The van der Waals surface area contributed by atoms with E-state index >= 15 is 0 Å². The van der Waals surface area contributed by atoms with Crippen molar-refractivity contribution in [2.24, 2.45) is 0 Å². The van der Waals surface area contributed by atoms with Crippen LogP contribution in [0.15, 0.2) is 42.5 Å². The highest BCUT2D eigenvalue weighted by molar-refractivity contribution is 7.84. The zero-order chi connectivity index (χ0) is 14.8. The van der Waals surface area contributed by atoms with E-state index in [2.05, 4.69) is 5.09 Å². The molecular weight excluding hydrogens is 301 g/mol. The highest BCUT2D eigenvalue weighted by Gasteiger charge is 2.27. The summed E-state index contributed by atoms with van der Waals surface area (Å²) < 4.78 is 17.4. The van der Waals surface area contributed by atoms with E-state index in [1.807, 2.05) is 30.3 Å². The van der Waals surface area contributed by atoms with E-state index in [1.165, 1.54) is 6.92 Å². The van der Waals surface area contributed by atoms with Crippen molar-refractivity contribution < 1.29 is 19.0 Å². The van der Waals surface area contributed by atoms with Crippen LogP contribution < -0.4 is 9.61 Å². The van der Waals surface area contributed by atoms with E-state index in [9.17, 15) is 9.36 Å². The molecule has 0 radical (unpaired) electrons. The van der Waals surface area contributed by atoms with Crippen molar-refractivity contribution in [3.63, 3.8) is 0 Å². The summed E-state index contributed by atoms with van der Waals surface area (Å²) in [4.78, 5) is 10.7. The Bertz CT molecular complexity index is 686. The number of benzene rings is 2. The van der Waals surface area contributed by atoms with Crippen LogP contribution in [0.1, 0.15) is 6.92 Å². The number of rotatable bonds is 5. The van der Waals surface area contributed by atoms with Gasteiger partial charge in [-0.3, -0.25) is 4.79 Å². The number of carboxylic acid groups (broad SMARTS) is 1. The van der Waals surface area contributed by atoms with Gasteiger partial charge in [0.1, 0.15) is 11.8 Å². The molecule has 2 unspecified atom stereocenters. The van der Waals surface area contributed by atoms with Crippen LogP contribution >= 0.6 is 18.1 Å². The van der Waals surface area contributed by atoms with E-state index < -0.39 is 18.9 Å². The molecule has 2 atom stereocenters. The van der Waals surface area contributed by atoms with Gasteiger partial charge in [-0.15, -0.1) is 0 Å². The first-order valence-corrected chi connectivity index (χ1v) is 8.40. The number of nitrogens with one attached hydrogen (secondary N) is 1. The summed E-state index contributed by atoms with van der Waals surface area (Å²) >= 11 is 5.77. The quantitative estimate of drug-likeness (QED) is 0.824. The third-order valence-electron chi connectivity index (χ3n) is 2.68. The second kappa shape index (κ2) is 5.83. The Hall–Kier alpha value is -1.55. The Kier molecular flexibility index (Phi) is 4.33. The van der Waals surface area contributed by atoms with Crippen molar-refractivity contribution in [1.82, 2.24) is 5.09 Å². The molecule has 5 nitrogen and oxygen atoms in total. The van der Waals surface area contributed by atoms with Gasteiger partial charge in [0.15, 0.2) is 0 Å². The molecule has 2 aromatic rings. The van der Waals surface area contributed by atoms with Gasteiger partial charge < -0.3 is 9.63 Å². The minimum absolute atomic E-state index is 0.339. The minimum atomic E-state index is -3.79. The average molecular weight is 314 g/mol. The van der Waals surface area contributed by atoms with Crippen LogP contribution in [0.25, 0.3) is 10.8 Å².